The molecule has 0 radical (unpaired) electrons. The molecule has 0 bridgehead atoms. The minimum absolute atomic E-state index is 0.00545. The lowest BCUT2D eigenvalue weighted by Crippen LogP contribution is -2.46. The van der Waals surface area contributed by atoms with Crippen molar-refractivity contribution in [2.24, 2.45) is 0 Å². The fourth-order valence-electron chi connectivity index (χ4n) is 5.01. The summed E-state index contributed by atoms with van der Waals surface area (Å²) in [5.74, 6) is -0.156. The van der Waals surface area contributed by atoms with E-state index in [2.05, 4.69) is 10.1 Å². The minimum atomic E-state index is -0.268. The van der Waals surface area contributed by atoms with Crippen LogP contribution < -0.4 is 0 Å². The Morgan fingerprint density at radius 3 is 2.54 bits per heavy atom. The van der Waals surface area contributed by atoms with E-state index in [1.807, 2.05) is 41.4 Å². The second-order valence-electron chi connectivity index (χ2n) is 9.32. The van der Waals surface area contributed by atoms with E-state index in [1.165, 1.54) is 6.42 Å². The van der Waals surface area contributed by atoms with Crippen LogP contribution in [0.25, 0.3) is 5.69 Å². The van der Waals surface area contributed by atoms with E-state index in [1.54, 1.807) is 40.3 Å². The lowest BCUT2D eigenvalue weighted by Gasteiger charge is -2.34. The first-order valence-electron chi connectivity index (χ1n) is 12.4. The molecule has 0 spiro atoms. The smallest absolute Gasteiger partial charge is 0.254 e. The molecule has 3 heterocycles. The van der Waals surface area contributed by atoms with Crippen LogP contribution in [0.3, 0.4) is 0 Å². The van der Waals surface area contributed by atoms with Crippen molar-refractivity contribution in [2.45, 2.75) is 50.9 Å². The first-order valence-corrected chi connectivity index (χ1v) is 12.4. The van der Waals surface area contributed by atoms with Gasteiger partial charge in [-0.1, -0.05) is 25.3 Å². The number of carbonyl (C=O) groups is 2. The highest BCUT2D eigenvalue weighted by Gasteiger charge is 2.35. The molecule has 3 aromatic rings. The Labute approximate surface area is 205 Å². The summed E-state index contributed by atoms with van der Waals surface area (Å²) in [5, 5.41) is 4.23. The maximum atomic E-state index is 13.5. The standard InChI is InChI=1S/C27H31N5O3/c33-26-19-30(27(34)22-9-11-24(12-10-22)32-15-5-14-29-32)17-25(35-20-21-6-4-13-28-16-21)18-31(26)23-7-2-1-3-8-23/h4-6,9-16,23,25H,1-3,7-8,17-20H2/t25-/m0/s1. The molecular weight excluding hydrogens is 442 g/mol. The SMILES string of the molecule is O=C(c1ccc(-n2cccn2)cc1)N1CC(=O)N(C2CCCCC2)C[C@@H](OCc2cccnc2)C1. The van der Waals surface area contributed by atoms with Crippen molar-refractivity contribution in [3.63, 3.8) is 0 Å². The first kappa shape index (κ1) is 23.2. The predicted molar refractivity (Wildman–Crippen MR) is 131 cm³/mol. The van der Waals surface area contributed by atoms with Crippen LogP contribution in [-0.2, 0) is 16.1 Å². The Morgan fingerprint density at radius 2 is 1.83 bits per heavy atom. The van der Waals surface area contributed by atoms with Gasteiger partial charge in [-0.2, -0.15) is 5.10 Å². The minimum Gasteiger partial charge on any atom is -0.370 e. The van der Waals surface area contributed by atoms with Crippen molar-refractivity contribution in [1.29, 1.82) is 0 Å². The molecule has 182 valence electrons. The lowest BCUT2D eigenvalue weighted by molar-refractivity contribution is -0.134. The van der Waals surface area contributed by atoms with E-state index in [0.29, 0.717) is 25.3 Å². The van der Waals surface area contributed by atoms with Crippen LogP contribution in [0.4, 0.5) is 0 Å². The summed E-state index contributed by atoms with van der Waals surface area (Å²) in [6, 6.07) is 13.2. The van der Waals surface area contributed by atoms with E-state index in [-0.39, 0.29) is 30.5 Å². The summed E-state index contributed by atoms with van der Waals surface area (Å²) < 4.78 is 8.01. The molecule has 1 aromatic carbocycles. The number of aromatic nitrogens is 3. The highest BCUT2D eigenvalue weighted by Crippen LogP contribution is 2.25. The average molecular weight is 474 g/mol. The van der Waals surface area contributed by atoms with Gasteiger partial charge in [0.05, 0.1) is 18.4 Å². The van der Waals surface area contributed by atoms with Crippen LogP contribution in [0, 0.1) is 0 Å². The van der Waals surface area contributed by atoms with Gasteiger partial charge in [-0.15, -0.1) is 0 Å². The quantitative estimate of drug-likeness (QED) is 0.548. The molecule has 2 aromatic heterocycles. The van der Waals surface area contributed by atoms with Gasteiger partial charge in [-0.3, -0.25) is 14.6 Å². The van der Waals surface area contributed by atoms with Crippen LogP contribution in [0.5, 0.6) is 0 Å². The number of rotatable bonds is 6. The third kappa shape index (κ3) is 5.59. The molecule has 8 nitrogen and oxygen atoms in total. The molecule has 1 aliphatic carbocycles. The molecule has 8 heteroatoms. The Bertz CT molecular complexity index is 1110. The molecule has 1 saturated carbocycles. The number of ether oxygens (including phenoxy) is 1. The zero-order valence-electron chi connectivity index (χ0n) is 19.8. The zero-order chi connectivity index (χ0) is 24.0. The monoisotopic (exact) mass is 473 g/mol. The molecule has 2 fully saturated rings. The molecular formula is C27H31N5O3. The van der Waals surface area contributed by atoms with E-state index in [4.69, 9.17) is 4.74 Å². The van der Waals surface area contributed by atoms with E-state index < -0.39 is 0 Å². The molecule has 1 saturated heterocycles. The van der Waals surface area contributed by atoms with E-state index >= 15 is 0 Å². The summed E-state index contributed by atoms with van der Waals surface area (Å²) in [6.07, 6.45) is 12.4. The predicted octanol–water partition coefficient (Wildman–Crippen LogP) is 3.47. The lowest BCUT2D eigenvalue weighted by atomic mass is 9.94. The van der Waals surface area contributed by atoms with Gasteiger partial charge in [0, 0.05) is 49.5 Å². The Hall–Kier alpha value is -3.52. The van der Waals surface area contributed by atoms with E-state index in [0.717, 1.165) is 36.9 Å². The Morgan fingerprint density at radius 1 is 1.00 bits per heavy atom. The molecule has 2 aliphatic rings. The summed E-state index contributed by atoms with van der Waals surface area (Å²) in [7, 11) is 0. The summed E-state index contributed by atoms with van der Waals surface area (Å²) in [6.45, 7) is 1.34. The summed E-state index contributed by atoms with van der Waals surface area (Å²) >= 11 is 0. The van der Waals surface area contributed by atoms with Crippen molar-refractivity contribution in [3.8, 4) is 5.69 Å². The largest absolute Gasteiger partial charge is 0.370 e. The third-order valence-corrected chi connectivity index (χ3v) is 6.87. The van der Waals surface area contributed by atoms with Crippen molar-refractivity contribution >= 4 is 11.8 Å². The number of amides is 2. The van der Waals surface area contributed by atoms with Crippen LogP contribution >= 0.6 is 0 Å². The highest BCUT2D eigenvalue weighted by atomic mass is 16.5. The number of benzene rings is 1. The number of hydrogen-bond acceptors (Lipinski definition) is 5. The molecule has 0 N–H and O–H groups in total. The Kier molecular flexibility index (Phi) is 7.18. The second-order valence-corrected chi connectivity index (χ2v) is 9.32. The number of carbonyl (C=O) groups excluding carboxylic acids is 2. The van der Waals surface area contributed by atoms with Gasteiger partial charge in [0.15, 0.2) is 0 Å². The molecule has 2 amide bonds. The van der Waals surface area contributed by atoms with Gasteiger partial charge in [0.2, 0.25) is 5.91 Å². The van der Waals surface area contributed by atoms with Crippen molar-refractivity contribution < 1.29 is 14.3 Å². The number of nitrogens with zero attached hydrogens (tertiary/aromatic N) is 5. The van der Waals surface area contributed by atoms with Gasteiger partial charge in [0.1, 0.15) is 6.54 Å². The number of hydrogen-bond donors (Lipinski definition) is 0. The molecule has 1 atom stereocenters. The second kappa shape index (κ2) is 10.8. The van der Waals surface area contributed by atoms with Crippen molar-refractivity contribution in [1.82, 2.24) is 24.6 Å². The third-order valence-electron chi connectivity index (χ3n) is 6.87. The summed E-state index contributed by atoms with van der Waals surface area (Å²) in [5.41, 5.74) is 2.39. The summed E-state index contributed by atoms with van der Waals surface area (Å²) in [4.78, 5) is 34.6. The van der Waals surface area contributed by atoms with Crippen molar-refractivity contribution in [2.75, 3.05) is 19.6 Å². The topological polar surface area (TPSA) is 80.6 Å². The normalized spacial score (nSPS) is 19.5. The van der Waals surface area contributed by atoms with Gasteiger partial charge >= 0.3 is 0 Å². The Balaban J connectivity index is 1.34. The zero-order valence-corrected chi connectivity index (χ0v) is 19.8. The van der Waals surface area contributed by atoms with Crippen LogP contribution in [0.2, 0.25) is 0 Å². The molecule has 35 heavy (non-hydrogen) atoms. The van der Waals surface area contributed by atoms with Crippen molar-refractivity contribution in [3.05, 3.63) is 78.4 Å². The first-order chi connectivity index (χ1) is 17.2. The van der Waals surface area contributed by atoms with Gasteiger partial charge < -0.3 is 14.5 Å². The van der Waals surface area contributed by atoms with Gasteiger partial charge in [-0.05, 0) is 54.8 Å². The fraction of sp³-hybridized carbons (Fsp3) is 0.407. The van der Waals surface area contributed by atoms with E-state index in [9.17, 15) is 9.59 Å². The molecule has 5 rings (SSSR count). The van der Waals surface area contributed by atoms with Crippen LogP contribution in [0.1, 0.15) is 48.0 Å². The highest BCUT2D eigenvalue weighted by molar-refractivity contribution is 5.97. The van der Waals surface area contributed by atoms with Gasteiger partial charge in [-0.25, -0.2) is 4.68 Å². The van der Waals surface area contributed by atoms with Crippen LogP contribution in [-0.4, -0.2) is 68.2 Å². The maximum absolute atomic E-state index is 13.5. The number of pyridine rings is 1. The molecule has 0 unspecified atom stereocenters. The fourth-order valence-corrected chi connectivity index (χ4v) is 5.01. The average Bonchev–Trinajstić information content (AvgIpc) is 3.39. The van der Waals surface area contributed by atoms with Gasteiger partial charge in [0.25, 0.3) is 5.91 Å². The maximum Gasteiger partial charge on any atom is 0.254 e. The molecule has 1 aliphatic heterocycles. The van der Waals surface area contributed by atoms with Crippen LogP contribution in [0.15, 0.2) is 67.3 Å².